The van der Waals surface area contributed by atoms with E-state index in [-0.39, 0.29) is 23.5 Å². The topological polar surface area (TPSA) is 98.7 Å². The van der Waals surface area contributed by atoms with E-state index in [0.29, 0.717) is 24.0 Å². The maximum atomic E-state index is 11.4. The van der Waals surface area contributed by atoms with Gasteiger partial charge >= 0.3 is 0 Å². The van der Waals surface area contributed by atoms with Crippen molar-refractivity contribution >= 4 is 15.7 Å². The zero-order valence-corrected chi connectivity index (χ0v) is 13.2. The van der Waals surface area contributed by atoms with E-state index in [0.717, 1.165) is 6.26 Å². The summed E-state index contributed by atoms with van der Waals surface area (Å²) in [5.41, 5.74) is 1.50. The Labute approximate surface area is 125 Å². The first-order valence-corrected chi connectivity index (χ1v) is 8.85. The molecule has 0 aromatic heterocycles. The first-order chi connectivity index (χ1) is 9.69. The second kappa shape index (κ2) is 5.82. The molecule has 1 aromatic carbocycles. The van der Waals surface area contributed by atoms with Crippen molar-refractivity contribution in [3.05, 3.63) is 23.3 Å². The molecule has 0 heterocycles. The van der Waals surface area contributed by atoms with Gasteiger partial charge in [0.05, 0.1) is 18.0 Å². The van der Waals surface area contributed by atoms with E-state index < -0.39 is 16.1 Å². The second-order valence-electron chi connectivity index (χ2n) is 5.81. The van der Waals surface area contributed by atoms with E-state index in [4.69, 9.17) is 0 Å². The van der Waals surface area contributed by atoms with E-state index in [1.807, 2.05) is 13.8 Å². The van der Waals surface area contributed by atoms with Crippen molar-refractivity contribution in [3.8, 4) is 5.75 Å². The van der Waals surface area contributed by atoms with Crippen molar-refractivity contribution in [2.75, 3.05) is 11.0 Å². The van der Waals surface area contributed by atoms with Gasteiger partial charge in [-0.15, -0.1) is 0 Å². The molecule has 0 spiro atoms. The van der Waals surface area contributed by atoms with Crippen LogP contribution >= 0.6 is 0 Å². The number of anilines is 1. The van der Waals surface area contributed by atoms with Crippen LogP contribution in [0.5, 0.6) is 5.75 Å². The lowest BCUT2D eigenvalue weighted by Crippen LogP contribution is -2.42. The summed E-state index contributed by atoms with van der Waals surface area (Å²) in [6, 6.07) is 3.23. The third-order valence-corrected chi connectivity index (χ3v) is 4.14. The molecule has 0 saturated heterocycles. The van der Waals surface area contributed by atoms with Crippen LogP contribution in [0.3, 0.4) is 0 Å². The van der Waals surface area contributed by atoms with Crippen molar-refractivity contribution in [1.29, 1.82) is 0 Å². The predicted octanol–water partition coefficient (Wildman–Crippen LogP) is 1.11. The molecule has 0 aliphatic heterocycles. The average molecular weight is 314 g/mol. The minimum Gasteiger partial charge on any atom is -0.506 e. The number of hydrogen-bond donors (Lipinski definition) is 4. The van der Waals surface area contributed by atoms with E-state index in [1.54, 1.807) is 6.07 Å². The zero-order chi connectivity index (χ0) is 15.8. The number of nitrogens with one attached hydrogen (secondary N) is 2. The Morgan fingerprint density at radius 2 is 2.00 bits per heavy atom. The Kier molecular flexibility index (Phi) is 4.46. The highest BCUT2D eigenvalue weighted by molar-refractivity contribution is 7.92. The highest BCUT2D eigenvalue weighted by Gasteiger charge is 2.31. The SMILES string of the molecule is CC(C)NC1CCc2c(ccc(O)c2NS(C)(=O)=O)C1O. The van der Waals surface area contributed by atoms with Crippen LogP contribution in [0.15, 0.2) is 12.1 Å². The number of aromatic hydroxyl groups is 1. The van der Waals surface area contributed by atoms with Crippen molar-refractivity contribution in [1.82, 2.24) is 5.32 Å². The van der Waals surface area contributed by atoms with E-state index in [1.165, 1.54) is 6.07 Å². The maximum Gasteiger partial charge on any atom is 0.229 e. The highest BCUT2D eigenvalue weighted by Crippen LogP contribution is 2.39. The van der Waals surface area contributed by atoms with Crippen LogP contribution in [-0.2, 0) is 16.4 Å². The average Bonchev–Trinajstić information content (AvgIpc) is 2.34. The molecule has 0 radical (unpaired) electrons. The van der Waals surface area contributed by atoms with Gasteiger partial charge in [0.15, 0.2) is 0 Å². The fourth-order valence-electron chi connectivity index (χ4n) is 2.77. The molecule has 0 saturated carbocycles. The first kappa shape index (κ1) is 16.1. The number of sulfonamides is 1. The summed E-state index contributed by atoms with van der Waals surface area (Å²) in [6.07, 6.45) is 1.57. The number of aliphatic hydroxyl groups is 1. The number of fused-ring (bicyclic) bond motifs is 1. The molecule has 6 nitrogen and oxygen atoms in total. The summed E-state index contributed by atoms with van der Waals surface area (Å²) in [6.45, 7) is 4.02. The third-order valence-electron chi connectivity index (χ3n) is 3.57. The highest BCUT2D eigenvalue weighted by atomic mass is 32.2. The van der Waals surface area contributed by atoms with Crippen LogP contribution in [0.25, 0.3) is 0 Å². The number of phenols is 1. The standard InChI is InChI=1S/C14H22N2O4S/c1-8(2)15-11-6-4-9-10(14(11)18)5-7-12(17)13(9)16-21(3,19)20/h5,7-8,11,14-18H,4,6H2,1-3H3. The fraction of sp³-hybridized carbons (Fsp3) is 0.571. The van der Waals surface area contributed by atoms with Gasteiger partial charge in [-0.1, -0.05) is 19.9 Å². The van der Waals surface area contributed by atoms with E-state index in [9.17, 15) is 18.6 Å². The third kappa shape index (κ3) is 3.66. The van der Waals surface area contributed by atoms with Crippen LogP contribution in [-0.4, -0.2) is 37.0 Å². The summed E-state index contributed by atoms with van der Waals surface area (Å²) >= 11 is 0. The Morgan fingerprint density at radius 1 is 1.33 bits per heavy atom. The van der Waals surface area contributed by atoms with Crippen LogP contribution in [0, 0.1) is 0 Å². The summed E-state index contributed by atoms with van der Waals surface area (Å²) < 4.78 is 25.2. The van der Waals surface area contributed by atoms with Crippen molar-refractivity contribution < 1.29 is 18.6 Å². The summed E-state index contributed by atoms with van der Waals surface area (Å²) in [7, 11) is -3.49. The molecule has 1 aliphatic rings. The maximum absolute atomic E-state index is 11.4. The number of rotatable bonds is 4. The molecule has 7 heteroatoms. The molecule has 2 atom stereocenters. The van der Waals surface area contributed by atoms with Gasteiger partial charge < -0.3 is 15.5 Å². The Balaban J connectivity index is 2.40. The van der Waals surface area contributed by atoms with Crippen LogP contribution in [0.2, 0.25) is 0 Å². The van der Waals surface area contributed by atoms with Crippen molar-refractivity contribution in [2.45, 2.75) is 44.9 Å². The van der Waals surface area contributed by atoms with Gasteiger partial charge in [0, 0.05) is 12.1 Å². The minimum absolute atomic E-state index is 0.0758. The lowest BCUT2D eigenvalue weighted by molar-refractivity contribution is 0.110. The summed E-state index contributed by atoms with van der Waals surface area (Å²) in [4.78, 5) is 0. The van der Waals surface area contributed by atoms with Gasteiger partial charge in [0.25, 0.3) is 0 Å². The molecular weight excluding hydrogens is 292 g/mol. The van der Waals surface area contributed by atoms with Gasteiger partial charge in [0.1, 0.15) is 5.75 Å². The van der Waals surface area contributed by atoms with Gasteiger partial charge in [-0.25, -0.2) is 8.42 Å². The molecule has 4 N–H and O–H groups in total. The summed E-state index contributed by atoms with van der Waals surface area (Å²) in [5, 5.41) is 23.7. The quantitative estimate of drug-likeness (QED) is 0.624. The van der Waals surface area contributed by atoms with Crippen molar-refractivity contribution in [3.63, 3.8) is 0 Å². The fourth-order valence-corrected chi connectivity index (χ4v) is 3.37. The van der Waals surface area contributed by atoms with E-state index >= 15 is 0 Å². The Hall–Kier alpha value is -1.31. The number of benzene rings is 1. The van der Waals surface area contributed by atoms with Gasteiger partial charge in [-0.05, 0) is 30.0 Å². The van der Waals surface area contributed by atoms with Gasteiger partial charge in [0.2, 0.25) is 10.0 Å². The van der Waals surface area contributed by atoms with E-state index in [2.05, 4.69) is 10.0 Å². The molecule has 2 unspecified atom stereocenters. The van der Waals surface area contributed by atoms with Crippen LogP contribution in [0.1, 0.15) is 37.5 Å². The second-order valence-corrected chi connectivity index (χ2v) is 7.56. The molecule has 21 heavy (non-hydrogen) atoms. The van der Waals surface area contributed by atoms with Gasteiger partial charge in [-0.3, -0.25) is 4.72 Å². The molecule has 1 aliphatic carbocycles. The smallest absolute Gasteiger partial charge is 0.229 e. The molecule has 0 fully saturated rings. The monoisotopic (exact) mass is 314 g/mol. The number of hydrogen-bond acceptors (Lipinski definition) is 5. The molecule has 118 valence electrons. The minimum atomic E-state index is -3.49. The van der Waals surface area contributed by atoms with Crippen LogP contribution < -0.4 is 10.0 Å². The predicted molar refractivity (Wildman–Crippen MR) is 81.9 cm³/mol. The molecule has 1 aromatic rings. The molecule has 0 amide bonds. The molecular formula is C14H22N2O4S. The van der Waals surface area contributed by atoms with Crippen molar-refractivity contribution in [2.24, 2.45) is 0 Å². The van der Waals surface area contributed by atoms with Crippen LogP contribution in [0.4, 0.5) is 5.69 Å². The normalized spacial score (nSPS) is 22.1. The first-order valence-electron chi connectivity index (χ1n) is 6.95. The Morgan fingerprint density at radius 3 is 2.57 bits per heavy atom. The zero-order valence-electron chi connectivity index (χ0n) is 12.4. The lowest BCUT2D eigenvalue weighted by Gasteiger charge is -2.33. The largest absolute Gasteiger partial charge is 0.506 e. The Bertz CT molecular complexity index is 628. The summed E-state index contributed by atoms with van der Waals surface area (Å²) in [5.74, 6) is -0.123. The molecule has 0 bridgehead atoms. The van der Waals surface area contributed by atoms with Gasteiger partial charge in [-0.2, -0.15) is 0 Å². The lowest BCUT2D eigenvalue weighted by atomic mass is 9.84. The molecule has 2 rings (SSSR count). The number of aliphatic hydroxyl groups excluding tert-OH is 1. The number of phenolic OH excluding ortho intramolecular Hbond substituents is 1.